The molecule has 2 nitrogen and oxygen atoms in total. The Kier molecular flexibility index (Phi) is 2.85. The Bertz CT molecular complexity index is 232. The highest BCUT2D eigenvalue weighted by Gasteiger charge is 2.28. The number of halogens is 3. The van der Waals surface area contributed by atoms with Crippen molar-refractivity contribution < 1.29 is 17.9 Å². The van der Waals surface area contributed by atoms with Crippen molar-refractivity contribution >= 4 is 0 Å². The molecular formula is C8H10F3NO. The van der Waals surface area contributed by atoms with E-state index in [-0.39, 0.29) is 5.76 Å². The number of allylic oxidation sites excluding steroid dienone is 1. The van der Waals surface area contributed by atoms with E-state index in [2.05, 4.69) is 4.74 Å². The minimum Gasteiger partial charge on any atom is -0.484 e. The summed E-state index contributed by atoms with van der Waals surface area (Å²) in [6, 6.07) is 0. The van der Waals surface area contributed by atoms with Crippen molar-refractivity contribution in [3.63, 3.8) is 0 Å². The van der Waals surface area contributed by atoms with Crippen LogP contribution in [0.1, 0.15) is 0 Å². The molecule has 0 aromatic rings. The van der Waals surface area contributed by atoms with E-state index in [1.54, 1.807) is 12.3 Å². The molecule has 0 fully saturated rings. The van der Waals surface area contributed by atoms with Gasteiger partial charge in [0.1, 0.15) is 5.76 Å². The van der Waals surface area contributed by atoms with Gasteiger partial charge in [-0.3, -0.25) is 0 Å². The van der Waals surface area contributed by atoms with Crippen LogP contribution in [-0.4, -0.2) is 31.3 Å². The molecule has 0 radical (unpaired) electrons. The number of hydrogen-bond donors (Lipinski definition) is 0. The molecule has 13 heavy (non-hydrogen) atoms. The zero-order valence-electron chi connectivity index (χ0n) is 7.14. The molecule has 0 atom stereocenters. The molecule has 0 aliphatic carbocycles. The predicted molar refractivity (Wildman–Crippen MR) is 41.9 cm³/mol. The fourth-order valence-corrected chi connectivity index (χ4v) is 0.836. The van der Waals surface area contributed by atoms with Crippen LogP contribution in [0.4, 0.5) is 13.2 Å². The Morgan fingerprint density at radius 1 is 1.54 bits per heavy atom. The van der Waals surface area contributed by atoms with Crippen molar-refractivity contribution in [3.8, 4) is 0 Å². The van der Waals surface area contributed by atoms with Crippen molar-refractivity contribution in [3.05, 3.63) is 24.1 Å². The largest absolute Gasteiger partial charge is 0.484 e. The maximum absolute atomic E-state index is 11.7. The summed E-state index contributed by atoms with van der Waals surface area (Å²) in [6.07, 6.45) is 0.519. The Morgan fingerprint density at radius 2 is 2.23 bits per heavy atom. The van der Waals surface area contributed by atoms with E-state index < -0.39 is 12.8 Å². The summed E-state index contributed by atoms with van der Waals surface area (Å²) in [5.74, 6) is 0.274. The molecule has 74 valence electrons. The zero-order valence-corrected chi connectivity index (χ0v) is 7.14. The molecule has 1 rings (SSSR count). The first-order valence-corrected chi connectivity index (χ1v) is 3.75. The highest BCUT2D eigenvalue weighted by molar-refractivity contribution is 5.16. The fourth-order valence-electron chi connectivity index (χ4n) is 0.836. The first-order chi connectivity index (χ1) is 5.97. The second-order valence-corrected chi connectivity index (χ2v) is 2.77. The lowest BCUT2D eigenvalue weighted by atomic mass is 10.3. The minimum absolute atomic E-state index is 0.274. The second-order valence-electron chi connectivity index (χ2n) is 2.77. The van der Waals surface area contributed by atoms with Gasteiger partial charge >= 0.3 is 6.18 Å². The number of alkyl halides is 3. The third kappa shape index (κ3) is 3.87. The number of hydrogen-bond acceptors (Lipinski definition) is 2. The lowest BCUT2D eigenvalue weighted by Gasteiger charge is -2.17. The second kappa shape index (κ2) is 3.72. The number of likely N-dealkylation sites (N-methyl/N-ethyl adjacent to an activating group) is 1. The summed E-state index contributed by atoms with van der Waals surface area (Å²) in [5, 5.41) is 0. The molecule has 0 bridgehead atoms. The van der Waals surface area contributed by atoms with Crippen molar-refractivity contribution in [1.29, 1.82) is 0 Å². The maximum Gasteiger partial charge on any atom is 0.422 e. The van der Waals surface area contributed by atoms with Crippen molar-refractivity contribution in [2.24, 2.45) is 0 Å². The van der Waals surface area contributed by atoms with Crippen LogP contribution >= 0.6 is 0 Å². The topological polar surface area (TPSA) is 12.5 Å². The lowest BCUT2D eigenvalue weighted by Crippen LogP contribution is -2.19. The Labute approximate surface area is 74.3 Å². The molecule has 1 aliphatic heterocycles. The molecule has 0 spiro atoms. The smallest absolute Gasteiger partial charge is 0.422 e. The average molecular weight is 193 g/mol. The molecule has 0 N–H and O–H groups in total. The van der Waals surface area contributed by atoms with Gasteiger partial charge in [-0.1, -0.05) is 0 Å². The van der Waals surface area contributed by atoms with E-state index in [9.17, 15) is 13.2 Å². The van der Waals surface area contributed by atoms with Gasteiger partial charge in [-0.25, -0.2) is 0 Å². The van der Waals surface area contributed by atoms with Gasteiger partial charge in [0, 0.05) is 19.8 Å². The summed E-state index contributed by atoms with van der Waals surface area (Å²) in [5.41, 5.74) is 0. The molecular weight excluding hydrogens is 183 g/mol. The van der Waals surface area contributed by atoms with Crippen LogP contribution < -0.4 is 0 Å². The Morgan fingerprint density at radius 3 is 2.69 bits per heavy atom. The van der Waals surface area contributed by atoms with Crippen molar-refractivity contribution in [2.75, 3.05) is 20.2 Å². The van der Waals surface area contributed by atoms with Gasteiger partial charge in [0.2, 0.25) is 0 Å². The summed E-state index contributed by atoms with van der Waals surface area (Å²) < 4.78 is 39.6. The number of nitrogens with zero attached hydrogens (tertiary/aromatic N) is 1. The van der Waals surface area contributed by atoms with E-state index in [4.69, 9.17) is 0 Å². The standard InChI is InChI=1S/C8H10F3NO/c1-12-4-2-7(3-5-12)13-6-8(9,10)11/h2-4H,5-6H2,1H3. The monoisotopic (exact) mass is 193 g/mol. The van der Waals surface area contributed by atoms with Crippen molar-refractivity contribution in [2.45, 2.75) is 6.18 Å². The normalized spacial score (nSPS) is 17.2. The van der Waals surface area contributed by atoms with Crippen LogP contribution in [0.25, 0.3) is 0 Å². The van der Waals surface area contributed by atoms with Crippen LogP contribution in [0, 0.1) is 0 Å². The van der Waals surface area contributed by atoms with Gasteiger partial charge in [-0.2, -0.15) is 13.2 Å². The summed E-state index contributed by atoms with van der Waals surface area (Å²) in [4.78, 5) is 1.83. The minimum atomic E-state index is -4.27. The third-order valence-electron chi connectivity index (χ3n) is 1.48. The fraction of sp³-hybridized carbons (Fsp3) is 0.500. The maximum atomic E-state index is 11.7. The average Bonchev–Trinajstić information content (AvgIpc) is 2.02. The van der Waals surface area contributed by atoms with Gasteiger partial charge in [-0.15, -0.1) is 0 Å². The molecule has 0 unspecified atom stereocenters. The molecule has 0 aromatic heterocycles. The van der Waals surface area contributed by atoms with Gasteiger partial charge in [0.15, 0.2) is 6.61 Å². The van der Waals surface area contributed by atoms with Gasteiger partial charge in [-0.05, 0) is 12.2 Å². The molecule has 0 saturated carbocycles. The van der Waals surface area contributed by atoms with E-state index in [1.165, 1.54) is 6.08 Å². The third-order valence-corrected chi connectivity index (χ3v) is 1.48. The van der Waals surface area contributed by atoms with Crippen molar-refractivity contribution in [1.82, 2.24) is 4.90 Å². The quantitative estimate of drug-likeness (QED) is 0.664. The van der Waals surface area contributed by atoms with Gasteiger partial charge in [0.25, 0.3) is 0 Å². The summed E-state index contributed by atoms with van der Waals surface area (Å²) in [7, 11) is 1.83. The molecule has 5 heteroatoms. The first kappa shape index (κ1) is 9.95. The van der Waals surface area contributed by atoms with Crippen LogP contribution in [-0.2, 0) is 4.74 Å². The number of ether oxygens (including phenoxy) is 1. The van der Waals surface area contributed by atoms with E-state index in [1.807, 2.05) is 11.9 Å². The van der Waals surface area contributed by atoms with E-state index in [0.717, 1.165) is 0 Å². The SMILES string of the molecule is CN1C=CC(OCC(F)(F)F)=CC1. The van der Waals surface area contributed by atoms with E-state index >= 15 is 0 Å². The molecule has 1 aliphatic rings. The summed E-state index contributed by atoms with van der Waals surface area (Å²) in [6.45, 7) is -0.656. The highest BCUT2D eigenvalue weighted by atomic mass is 19.4. The van der Waals surface area contributed by atoms with Gasteiger partial charge < -0.3 is 9.64 Å². The van der Waals surface area contributed by atoms with Crippen LogP contribution in [0.3, 0.4) is 0 Å². The predicted octanol–water partition coefficient (Wildman–Crippen LogP) is 1.91. The molecule has 0 aromatic carbocycles. The first-order valence-electron chi connectivity index (χ1n) is 3.75. The molecule has 0 amide bonds. The lowest BCUT2D eigenvalue weighted by molar-refractivity contribution is -0.163. The zero-order chi connectivity index (χ0) is 9.90. The van der Waals surface area contributed by atoms with Gasteiger partial charge in [0.05, 0.1) is 0 Å². The van der Waals surface area contributed by atoms with E-state index in [0.29, 0.717) is 6.54 Å². The number of rotatable bonds is 2. The summed E-state index contributed by atoms with van der Waals surface area (Å²) >= 11 is 0. The van der Waals surface area contributed by atoms with Crippen LogP contribution in [0.15, 0.2) is 24.1 Å². The Balaban J connectivity index is 2.36. The van der Waals surface area contributed by atoms with Crippen LogP contribution in [0.5, 0.6) is 0 Å². The highest BCUT2D eigenvalue weighted by Crippen LogP contribution is 2.17. The Hall–Kier alpha value is -1.13. The van der Waals surface area contributed by atoms with Crippen LogP contribution in [0.2, 0.25) is 0 Å². The molecule has 0 saturated heterocycles. The molecule has 1 heterocycles.